The van der Waals surface area contributed by atoms with Crippen LogP contribution >= 0.6 is 15.9 Å². The molecule has 0 aliphatic carbocycles. The predicted molar refractivity (Wildman–Crippen MR) is 58.1 cm³/mol. The molecule has 0 saturated heterocycles. The molecular weight excluding hydrogens is 280 g/mol. The number of aryl methyl sites for hydroxylation is 1. The highest BCUT2D eigenvalue weighted by molar-refractivity contribution is 9.10. The summed E-state index contributed by atoms with van der Waals surface area (Å²) in [6, 6.07) is 0. The van der Waals surface area contributed by atoms with Gasteiger partial charge >= 0.3 is 5.97 Å². The molecule has 2 heterocycles. The molecule has 0 aromatic carbocycles. The van der Waals surface area contributed by atoms with Gasteiger partial charge in [-0.1, -0.05) is 0 Å². The number of aromatic nitrogens is 4. The molecule has 2 aromatic rings. The van der Waals surface area contributed by atoms with Gasteiger partial charge in [-0.25, -0.2) is 9.67 Å². The van der Waals surface area contributed by atoms with Crippen LogP contribution in [0, 0.1) is 0 Å². The summed E-state index contributed by atoms with van der Waals surface area (Å²) in [5.41, 5.74) is -0.00844. The Labute approximate surface area is 97.4 Å². The van der Waals surface area contributed by atoms with Crippen LogP contribution in [-0.4, -0.2) is 30.4 Å². The Morgan fingerprint density at radius 2 is 2.31 bits per heavy atom. The van der Waals surface area contributed by atoms with E-state index in [-0.39, 0.29) is 5.39 Å². The van der Waals surface area contributed by atoms with E-state index < -0.39 is 18.1 Å². The summed E-state index contributed by atoms with van der Waals surface area (Å²) in [6.45, 7) is -0.414. The van der Waals surface area contributed by atoms with Gasteiger partial charge in [-0.3, -0.25) is 14.2 Å². The van der Waals surface area contributed by atoms with E-state index in [4.69, 9.17) is 5.11 Å². The minimum Gasteiger partial charge on any atom is -0.480 e. The van der Waals surface area contributed by atoms with E-state index in [1.54, 1.807) is 7.05 Å². The van der Waals surface area contributed by atoms with Crippen LogP contribution in [0.2, 0.25) is 0 Å². The highest BCUT2D eigenvalue weighted by Gasteiger charge is 2.14. The molecule has 16 heavy (non-hydrogen) atoms. The largest absolute Gasteiger partial charge is 0.480 e. The summed E-state index contributed by atoms with van der Waals surface area (Å²) in [6.07, 6.45) is 1.20. The van der Waals surface area contributed by atoms with E-state index in [2.05, 4.69) is 26.0 Å². The lowest BCUT2D eigenvalue weighted by Crippen LogP contribution is -2.24. The van der Waals surface area contributed by atoms with Gasteiger partial charge in [-0.15, -0.1) is 0 Å². The third-order valence-electron chi connectivity index (χ3n) is 2.07. The minimum atomic E-state index is -1.09. The second-order valence-corrected chi connectivity index (χ2v) is 3.94. The highest BCUT2D eigenvalue weighted by atomic mass is 79.9. The molecule has 0 unspecified atom stereocenters. The smallest absolute Gasteiger partial charge is 0.323 e. The molecule has 0 spiro atoms. The fourth-order valence-corrected chi connectivity index (χ4v) is 1.98. The van der Waals surface area contributed by atoms with Gasteiger partial charge in [-0.2, -0.15) is 5.10 Å². The van der Waals surface area contributed by atoms with Crippen molar-refractivity contribution in [2.24, 2.45) is 7.05 Å². The van der Waals surface area contributed by atoms with Crippen molar-refractivity contribution in [1.29, 1.82) is 0 Å². The molecule has 2 rings (SSSR count). The molecule has 0 bridgehead atoms. The number of fused-ring (bicyclic) bond motifs is 1. The first-order valence-corrected chi connectivity index (χ1v) is 5.09. The number of aliphatic carboxylic acids is 1. The molecule has 84 valence electrons. The van der Waals surface area contributed by atoms with Crippen molar-refractivity contribution in [2.75, 3.05) is 0 Å². The summed E-state index contributed by atoms with van der Waals surface area (Å²) >= 11 is 3.14. The van der Waals surface area contributed by atoms with E-state index in [1.807, 2.05) is 0 Å². The Bertz CT molecular complexity index is 630. The van der Waals surface area contributed by atoms with Crippen LogP contribution < -0.4 is 5.56 Å². The monoisotopic (exact) mass is 286 g/mol. The van der Waals surface area contributed by atoms with E-state index >= 15 is 0 Å². The van der Waals surface area contributed by atoms with Crippen molar-refractivity contribution >= 4 is 32.9 Å². The van der Waals surface area contributed by atoms with Gasteiger partial charge in [0.2, 0.25) is 0 Å². The topological polar surface area (TPSA) is 90.0 Å². The lowest BCUT2D eigenvalue weighted by atomic mass is 10.4. The summed E-state index contributed by atoms with van der Waals surface area (Å²) < 4.78 is 2.84. The molecule has 0 aliphatic rings. The quantitative estimate of drug-likeness (QED) is 0.838. The van der Waals surface area contributed by atoms with Gasteiger partial charge in [0.1, 0.15) is 22.9 Å². The first-order valence-electron chi connectivity index (χ1n) is 4.30. The van der Waals surface area contributed by atoms with Crippen molar-refractivity contribution < 1.29 is 9.90 Å². The summed E-state index contributed by atoms with van der Waals surface area (Å²) in [4.78, 5) is 26.4. The van der Waals surface area contributed by atoms with Gasteiger partial charge < -0.3 is 5.11 Å². The molecule has 0 atom stereocenters. The van der Waals surface area contributed by atoms with Crippen LogP contribution in [0.1, 0.15) is 0 Å². The minimum absolute atomic E-state index is 0.284. The van der Waals surface area contributed by atoms with Crippen LogP contribution in [0.15, 0.2) is 15.7 Å². The molecule has 0 saturated carbocycles. The second-order valence-electron chi connectivity index (χ2n) is 3.18. The van der Waals surface area contributed by atoms with E-state index in [9.17, 15) is 9.59 Å². The number of hydrogen-bond donors (Lipinski definition) is 1. The van der Waals surface area contributed by atoms with Crippen LogP contribution in [0.25, 0.3) is 11.0 Å². The Hall–Kier alpha value is -1.70. The number of nitrogens with zero attached hydrogens (tertiary/aromatic N) is 4. The van der Waals surface area contributed by atoms with E-state index in [1.165, 1.54) is 11.0 Å². The van der Waals surface area contributed by atoms with Gasteiger partial charge in [-0.05, 0) is 15.9 Å². The maximum Gasteiger partial charge on any atom is 0.323 e. The fourth-order valence-electron chi connectivity index (χ4n) is 1.39. The molecule has 2 aromatic heterocycles. The van der Waals surface area contributed by atoms with Crippen molar-refractivity contribution in [3.05, 3.63) is 21.3 Å². The molecule has 0 fully saturated rings. The zero-order valence-corrected chi connectivity index (χ0v) is 9.80. The average Bonchev–Trinajstić information content (AvgIpc) is 2.46. The molecule has 0 amide bonds. The van der Waals surface area contributed by atoms with Crippen LogP contribution in [0.5, 0.6) is 0 Å². The fraction of sp³-hybridized carbons (Fsp3) is 0.250. The van der Waals surface area contributed by atoms with Crippen LogP contribution in [0.3, 0.4) is 0 Å². The number of halogens is 1. The second kappa shape index (κ2) is 3.71. The Kier molecular flexibility index (Phi) is 2.50. The van der Waals surface area contributed by atoms with Gasteiger partial charge in [0.15, 0.2) is 5.65 Å². The highest BCUT2D eigenvalue weighted by Crippen LogP contribution is 2.16. The summed E-state index contributed by atoms with van der Waals surface area (Å²) in [5.74, 6) is -1.09. The zero-order chi connectivity index (χ0) is 11.9. The maximum absolute atomic E-state index is 11.9. The van der Waals surface area contributed by atoms with E-state index in [0.717, 1.165) is 4.57 Å². The number of carboxylic acids is 1. The van der Waals surface area contributed by atoms with Crippen molar-refractivity contribution in [3.8, 4) is 0 Å². The molecule has 1 N–H and O–H groups in total. The van der Waals surface area contributed by atoms with Crippen molar-refractivity contribution in [3.63, 3.8) is 0 Å². The Morgan fingerprint density at radius 1 is 1.62 bits per heavy atom. The number of carbonyl (C=O) groups is 1. The summed E-state index contributed by atoms with van der Waals surface area (Å²) in [7, 11) is 1.65. The van der Waals surface area contributed by atoms with Gasteiger partial charge in [0, 0.05) is 7.05 Å². The van der Waals surface area contributed by atoms with Crippen molar-refractivity contribution in [1.82, 2.24) is 19.3 Å². The summed E-state index contributed by atoms with van der Waals surface area (Å²) in [5, 5.41) is 12.9. The molecule has 0 radical (unpaired) electrons. The predicted octanol–water partition coefficient (Wildman–Crippen LogP) is -0.0229. The third-order valence-corrected chi connectivity index (χ3v) is 2.63. The Morgan fingerprint density at radius 3 is 2.94 bits per heavy atom. The average molecular weight is 287 g/mol. The van der Waals surface area contributed by atoms with Gasteiger partial charge in [0.05, 0.1) is 0 Å². The Balaban J connectivity index is 2.74. The zero-order valence-electron chi connectivity index (χ0n) is 8.21. The molecule has 0 aliphatic heterocycles. The lowest BCUT2D eigenvalue weighted by molar-refractivity contribution is -0.137. The first-order chi connectivity index (χ1) is 7.50. The normalized spacial score (nSPS) is 10.9. The van der Waals surface area contributed by atoms with Crippen LogP contribution in [-0.2, 0) is 18.4 Å². The van der Waals surface area contributed by atoms with E-state index in [0.29, 0.717) is 10.3 Å². The number of hydrogen-bond acceptors (Lipinski definition) is 4. The third kappa shape index (κ3) is 1.60. The van der Waals surface area contributed by atoms with Gasteiger partial charge in [0.25, 0.3) is 5.56 Å². The van der Waals surface area contributed by atoms with Crippen molar-refractivity contribution in [2.45, 2.75) is 6.54 Å². The molecular formula is C8H7BrN4O3. The number of rotatable bonds is 2. The SMILES string of the molecule is Cn1nc(Br)c2c(=O)n(CC(=O)O)cnc21. The lowest BCUT2D eigenvalue weighted by Gasteiger charge is -2.00. The first kappa shape index (κ1) is 10.8. The number of carboxylic acid groups (broad SMARTS) is 1. The van der Waals surface area contributed by atoms with Crippen LogP contribution in [0.4, 0.5) is 0 Å². The molecule has 7 nitrogen and oxygen atoms in total. The maximum atomic E-state index is 11.9. The standard InChI is InChI=1S/C8H7BrN4O3/c1-12-7-5(6(9)11-12)8(16)13(3-10-7)2-4(14)15/h3H,2H2,1H3,(H,14,15). The molecule has 8 heteroatoms.